The maximum Gasteiger partial charge on any atom is 0.323 e. The van der Waals surface area contributed by atoms with E-state index in [0.29, 0.717) is 10.7 Å². The minimum atomic E-state index is -3.75. The molecule has 128 valence electrons. The highest BCUT2D eigenvalue weighted by Gasteiger charge is 2.23. The minimum absolute atomic E-state index is 0.0445. The third kappa shape index (κ3) is 4.01. The van der Waals surface area contributed by atoms with Crippen molar-refractivity contribution in [1.82, 2.24) is 0 Å². The number of hydrogen-bond donors (Lipinski definition) is 2. The molecule has 2 aromatic carbocycles. The summed E-state index contributed by atoms with van der Waals surface area (Å²) in [6.45, 7) is 0. The molecule has 0 aliphatic carbocycles. The van der Waals surface area contributed by atoms with Gasteiger partial charge in [-0.2, -0.15) is 0 Å². The number of urea groups is 1. The summed E-state index contributed by atoms with van der Waals surface area (Å²) in [5, 5.41) is 8.74. The number of carbonyl (C=O) groups excluding carboxylic acids is 1. The zero-order chi connectivity index (χ0) is 17.9. The molecule has 5 nitrogen and oxygen atoms in total. The molecule has 3 aromatic rings. The maximum atomic E-state index is 12.8. The van der Waals surface area contributed by atoms with Crippen molar-refractivity contribution in [2.45, 2.75) is 9.79 Å². The molecule has 1 aromatic heterocycles. The normalized spacial score (nSPS) is 11.1. The molecule has 2 N–H and O–H groups in total. The number of rotatable bonds is 4. The molecule has 0 fully saturated rings. The van der Waals surface area contributed by atoms with Crippen molar-refractivity contribution in [3.63, 3.8) is 0 Å². The van der Waals surface area contributed by atoms with Crippen LogP contribution in [0.4, 0.5) is 16.2 Å². The number of benzene rings is 2. The number of para-hydroxylation sites is 1. The van der Waals surface area contributed by atoms with Gasteiger partial charge in [-0.15, -0.1) is 11.3 Å². The summed E-state index contributed by atoms with van der Waals surface area (Å²) < 4.78 is 25.5. The zero-order valence-electron chi connectivity index (χ0n) is 12.8. The average molecular weight is 393 g/mol. The summed E-state index contributed by atoms with van der Waals surface area (Å²) in [5.74, 6) is 0. The molecule has 0 saturated carbocycles. The molecular weight excluding hydrogens is 380 g/mol. The smallest absolute Gasteiger partial charge is 0.308 e. The van der Waals surface area contributed by atoms with Gasteiger partial charge in [-0.05, 0) is 36.4 Å². The van der Waals surface area contributed by atoms with Gasteiger partial charge in [-0.25, -0.2) is 13.2 Å². The van der Waals surface area contributed by atoms with Crippen molar-refractivity contribution in [3.8, 4) is 0 Å². The average Bonchev–Trinajstić information content (AvgIpc) is 3.05. The van der Waals surface area contributed by atoms with E-state index in [1.54, 1.807) is 29.6 Å². The Balaban J connectivity index is 1.83. The van der Waals surface area contributed by atoms with E-state index in [4.69, 9.17) is 11.6 Å². The van der Waals surface area contributed by atoms with Gasteiger partial charge in [-0.1, -0.05) is 29.8 Å². The van der Waals surface area contributed by atoms with Gasteiger partial charge in [0.1, 0.15) is 4.90 Å². The predicted octanol–water partition coefficient (Wildman–Crippen LogP) is 4.88. The van der Waals surface area contributed by atoms with Crippen molar-refractivity contribution < 1.29 is 13.2 Å². The topological polar surface area (TPSA) is 75.3 Å². The monoisotopic (exact) mass is 392 g/mol. The van der Waals surface area contributed by atoms with Crippen molar-refractivity contribution >= 4 is 50.2 Å². The van der Waals surface area contributed by atoms with Crippen LogP contribution >= 0.6 is 22.9 Å². The highest BCUT2D eigenvalue weighted by atomic mass is 35.5. The maximum absolute atomic E-state index is 12.8. The van der Waals surface area contributed by atoms with Gasteiger partial charge in [0.05, 0.1) is 10.6 Å². The Bertz CT molecular complexity index is 984. The van der Waals surface area contributed by atoms with Crippen LogP contribution in [-0.4, -0.2) is 14.4 Å². The molecule has 0 bridgehead atoms. The Hall–Kier alpha value is -2.35. The van der Waals surface area contributed by atoms with E-state index in [1.165, 1.54) is 41.0 Å². The first-order chi connectivity index (χ1) is 12.0. The Kier molecular flexibility index (Phi) is 5.08. The minimum Gasteiger partial charge on any atom is -0.308 e. The standard InChI is InChI=1S/C17H13ClN2O3S2/c18-12-6-8-14(9-7-12)25(22,23)16-11-24-10-15(16)20-17(21)19-13-4-2-1-3-5-13/h1-11H,(H2,19,20,21). The number of thiophene rings is 1. The first kappa shape index (κ1) is 17.5. The second-order valence-electron chi connectivity index (χ2n) is 5.05. The first-order valence-electron chi connectivity index (χ1n) is 7.17. The van der Waals surface area contributed by atoms with Crippen LogP contribution in [0.1, 0.15) is 0 Å². The van der Waals surface area contributed by atoms with Gasteiger partial charge < -0.3 is 10.6 Å². The van der Waals surface area contributed by atoms with E-state index in [-0.39, 0.29) is 15.5 Å². The Labute approximate surface area is 154 Å². The van der Waals surface area contributed by atoms with E-state index in [9.17, 15) is 13.2 Å². The lowest BCUT2D eigenvalue weighted by Gasteiger charge is -2.09. The van der Waals surface area contributed by atoms with E-state index >= 15 is 0 Å². The van der Waals surface area contributed by atoms with Gasteiger partial charge in [0.15, 0.2) is 0 Å². The van der Waals surface area contributed by atoms with Crippen LogP contribution in [-0.2, 0) is 9.84 Å². The highest BCUT2D eigenvalue weighted by Crippen LogP contribution is 2.31. The molecular formula is C17H13ClN2O3S2. The van der Waals surface area contributed by atoms with Gasteiger partial charge in [0.25, 0.3) is 0 Å². The molecule has 0 saturated heterocycles. The molecule has 25 heavy (non-hydrogen) atoms. The number of halogens is 1. The van der Waals surface area contributed by atoms with E-state index in [0.717, 1.165) is 0 Å². The fourth-order valence-corrected chi connectivity index (χ4v) is 4.79. The van der Waals surface area contributed by atoms with Gasteiger partial charge in [-0.3, -0.25) is 0 Å². The largest absolute Gasteiger partial charge is 0.323 e. The SMILES string of the molecule is O=C(Nc1ccccc1)Nc1cscc1S(=O)(=O)c1ccc(Cl)cc1. The summed E-state index contributed by atoms with van der Waals surface area (Å²) in [6.07, 6.45) is 0. The summed E-state index contributed by atoms with van der Waals surface area (Å²) in [5.41, 5.74) is 0.839. The first-order valence-corrected chi connectivity index (χ1v) is 9.97. The quantitative estimate of drug-likeness (QED) is 0.664. The number of nitrogens with one attached hydrogen (secondary N) is 2. The van der Waals surface area contributed by atoms with Crippen LogP contribution in [0.3, 0.4) is 0 Å². The fraction of sp³-hybridized carbons (Fsp3) is 0. The molecule has 0 aliphatic rings. The molecule has 3 rings (SSSR count). The number of sulfone groups is 1. The Morgan fingerprint density at radius 3 is 2.28 bits per heavy atom. The number of hydrogen-bond acceptors (Lipinski definition) is 4. The molecule has 1 heterocycles. The van der Waals surface area contributed by atoms with E-state index < -0.39 is 15.9 Å². The molecule has 2 amide bonds. The second kappa shape index (κ2) is 7.26. The van der Waals surface area contributed by atoms with Crippen molar-refractivity contribution in [1.29, 1.82) is 0 Å². The number of anilines is 2. The predicted molar refractivity (Wildman–Crippen MR) is 100 cm³/mol. The summed E-state index contributed by atoms with van der Waals surface area (Å²) >= 11 is 7.00. The third-order valence-corrected chi connectivity index (χ3v) is 6.27. The van der Waals surface area contributed by atoms with Crippen LogP contribution < -0.4 is 10.6 Å². The second-order valence-corrected chi connectivity index (χ2v) is 8.15. The number of amides is 2. The van der Waals surface area contributed by atoms with Gasteiger partial charge in [0.2, 0.25) is 9.84 Å². The van der Waals surface area contributed by atoms with Crippen molar-refractivity contribution in [2.24, 2.45) is 0 Å². The molecule has 8 heteroatoms. The zero-order valence-corrected chi connectivity index (χ0v) is 15.2. The van der Waals surface area contributed by atoms with Crippen LogP contribution in [0.5, 0.6) is 0 Å². The van der Waals surface area contributed by atoms with E-state index in [2.05, 4.69) is 10.6 Å². The van der Waals surface area contributed by atoms with Crippen LogP contribution in [0.2, 0.25) is 5.02 Å². The lowest BCUT2D eigenvalue weighted by Crippen LogP contribution is -2.20. The van der Waals surface area contributed by atoms with Crippen LogP contribution in [0, 0.1) is 0 Å². The molecule has 0 aliphatic heterocycles. The van der Waals surface area contributed by atoms with Gasteiger partial charge >= 0.3 is 6.03 Å². The van der Waals surface area contributed by atoms with Gasteiger partial charge in [0, 0.05) is 21.5 Å². The van der Waals surface area contributed by atoms with E-state index in [1.807, 2.05) is 6.07 Å². The molecule has 0 atom stereocenters. The molecule has 0 spiro atoms. The molecule has 0 unspecified atom stereocenters. The summed E-state index contributed by atoms with van der Waals surface area (Å²) in [4.78, 5) is 12.3. The number of carbonyl (C=O) groups is 1. The van der Waals surface area contributed by atoms with Crippen LogP contribution in [0.15, 0.2) is 75.1 Å². The van der Waals surface area contributed by atoms with Crippen LogP contribution in [0.25, 0.3) is 0 Å². The lowest BCUT2D eigenvalue weighted by molar-refractivity contribution is 0.262. The Morgan fingerprint density at radius 2 is 1.60 bits per heavy atom. The third-order valence-electron chi connectivity index (χ3n) is 3.32. The van der Waals surface area contributed by atoms with Crippen molar-refractivity contribution in [2.75, 3.05) is 10.6 Å². The highest BCUT2D eigenvalue weighted by molar-refractivity contribution is 7.91. The molecule has 0 radical (unpaired) electrons. The summed E-state index contributed by atoms with van der Waals surface area (Å²) in [6, 6.07) is 14.2. The lowest BCUT2D eigenvalue weighted by atomic mass is 10.3. The fourth-order valence-electron chi connectivity index (χ4n) is 2.13. The van der Waals surface area contributed by atoms with Crippen molar-refractivity contribution in [3.05, 3.63) is 70.4 Å². The Morgan fingerprint density at radius 1 is 0.920 bits per heavy atom. The summed E-state index contributed by atoms with van der Waals surface area (Å²) in [7, 11) is -3.75.